The fourth-order valence-corrected chi connectivity index (χ4v) is 2.21. The smallest absolute Gasteiger partial charge is 0.360 e. The molecule has 0 bridgehead atoms. The summed E-state index contributed by atoms with van der Waals surface area (Å²) in [5, 5.41) is 21.2. The van der Waals surface area contributed by atoms with Crippen molar-refractivity contribution < 1.29 is 14.5 Å². The van der Waals surface area contributed by atoms with Gasteiger partial charge in [-0.1, -0.05) is 0 Å². The first kappa shape index (κ1) is 17.1. The van der Waals surface area contributed by atoms with Crippen molar-refractivity contribution in [2.45, 2.75) is 26.6 Å². The lowest BCUT2D eigenvalue weighted by atomic mass is 10.4. The van der Waals surface area contributed by atoms with Gasteiger partial charge in [-0.15, -0.1) is 0 Å². The maximum atomic E-state index is 11.9. The molecule has 0 aliphatic rings. The van der Waals surface area contributed by atoms with Crippen LogP contribution in [0.5, 0.6) is 0 Å². The Kier molecular flexibility index (Phi) is 5.82. The van der Waals surface area contributed by atoms with E-state index in [2.05, 4.69) is 31.4 Å². The van der Waals surface area contributed by atoms with Gasteiger partial charge in [0.15, 0.2) is 0 Å². The van der Waals surface area contributed by atoms with Crippen molar-refractivity contribution in [3.8, 4) is 0 Å². The molecular weight excluding hydrogens is 372 g/mol. The molecule has 0 spiro atoms. The molecule has 1 N–H and O–H groups in total. The molecule has 0 atom stereocenters. The largest absolute Gasteiger partial charge is 0.404 e. The molecule has 1 amide bonds. The highest BCUT2D eigenvalue weighted by atomic mass is 79.9. The minimum absolute atomic E-state index is 0.127. The number of carbonyl (C=O) groups excluding carboxylic acids is 1. The van der Waals surface area contributed by atoms with Crippen molar-refractivity contribution in [2.24, 2.45) is 0 Å². The molecule has 11 heteroatoms. The van der Waals surface area contributed by atoms with Crippen molar-refractivity contribution in [1.29, 1.82) is 0 Å². The summed E-state index contributed by atoms with van der Waals surface area (Å²) in [6, 6.07) is 0. The van der Waals surface area contributed by atoms with Crippen LogP contribution in [0.4, 0.5) is 11.5 Å². The van der Waals surface area contributed by atoms with E-state index in [4.69, 9.17) is 4.74 Å². The molecule has 23 heavy (non-hydrogen) atoms. The van der Waals surface area contributed by atoms with E-state index in [0.717, 1.165) is 0 Å². The number of anilines is 1. The zero-order valence-electron chi connectivity index (χ0n) is 12.3. The summed E-state index contributed by atoms with van der Waals surface area (Å²) in [6.07, 6.45) is 4.77. The number of nitro groups is 1. The Morgan fingerprint density at radius 3 is 2.91 bits per heavy atom. The van der Waals surface area contributed by atoms with Crippen LogP contribution in [0.1, 0.15) is 13.3 Å². The average Bonchev–Trinajstić information content (AvgIpc) is 3.09. The topological polar surface area (TPSA) is 117 Å². The second-order valence-corrected chi connectivity index (χ2v) is 5.36. The van der Waals surface area contributed by atoms with E-state index in [9.17, 15) is 14.9 Å². The van der Waals surface area contributed by atoms with Gasteiger partial charge in [0.2, 0.25) is 5.91 Å². The molecule has 2 aromatic rings. The Labute approximate surface area is 139 Å². The number of nitrogens with one attached hydrogen (secondary N) is 1. The third-order valence-electron chi connectivity index (χ3n) is 2.78. The molecule has 2 heterocycles. The van der Waals surface area contributed by atoms with E-state index in [1.807, 2.05) is 6.92 Å². The van der Waals surface area contributed by atoms with Crippen LogP contribution >= 0.6 is 15.9 Å². The highest BCUT2D eigenvalue weighted by Gasteiger charge is 2.18. The van der Waals surface area contributed by atoms with Crippen LogP contribution in [0, 0.1) is 10.1 Å². The van der Waals surface area contributed by atoms with Crippen LogP contribution in [0.2, 0.25) is 0 Å². The third-order valence-corrected chi connectivity index (χ3v) is 3.34. The van der Waals surface area contributed by atoms with Gasteiger partial charge in [0.1, 0.15) is 11.2 Å². The van der Waals surface area contributed by atoms with Crippen LogP contribution < -0.4 is 5.32 Å². The summed E-state index contributed by atoms with van der Waals surface area (Å²) in [6.45, 7) is 3.00. The minimum Gasteiger partial charge on any atom is -0.360 e. The van der Waals surface area contributed by atoms with Crippen molar-refractivity contribution in [1.82, 2.24) is 19.6 Å². The van der Waals surface area contributed by atoms with Gasteiger partial charge < -0.3 is 20.2 Å². The minimum atomic E-state index is -0.590. The molecule has 0 radical (unpaired) electrons. The fraction of sp³-hybridized carbons (Fsp3) is 0.417. The lowest BCUT2D eigenvalue weighted by Gasteiger charge is -2.01. The zero-order chi connectivity index (χ0) is 16.8. The molecular formula is C12H15BrN6O4. The number of hydrogen-bond donors (Lipinski definition) is 1. The summed E-state index contributed by atoms with van der Waals surface area (Å²) in [5.74, 6) is -0.516. The van der Waals surface area contributed by atoms with E-state index in [0.29, 0.717) is 19.0 Å². The zero-order valence-corrected chi connectivity index (χ0v) is 13.9. The lowest BCUT2D eigenvalue weighted by molar-refractivity contribution is -0.390. The van der Waals surface area contributed by atoms with E-state index >= 15 is 0 Å². The first-order valence-corrected chi connectivity index (χ1v) is 7.56. The quantitative estimate of drug-likeness (QED) is 0.545. The average molecular weight is 387 g/mol. The van der Waals surface area contributed by atoms with Crippen molar-refractivity contribution in [3.63, 3.8) is 0 Å². The Hall–Kier alpha value is -2.27. The standard InChI is InChI=1S/C12H15BrN6O4/c1-2-23-8-18-6-9(5-14-18)15-11(20)3-4-17-7-10(13)12(16-17)19(21)22/h5-7H,2-4,8H2,1H3,(H,15,20). The molecule has 2 aromatic heterocycles. The van der Waals surface area contributed by atoms with Gasteiger partial charge in [0.05, 0.1) is 35.9 Å². The van der Waals surface area contributed by atoms with Crippen LogP contribution in [-0.2, 0) is 22.8 Å². The van der Waals surface area contributed by atoms with Gasteiger partial charge in [-0.3, -0.25) is 4.79 Å². The van der Waals surface area contributed by atoms with Gasteiger partial charge in [-0.05, 0) is 27.8 Å². The number of halogens is 1. The summed E-state index contributed by atoms with van der Waals surface area (Å²) in [5.41, 5.74) is 0.558. The Morgan fingerprint density at radius 2 is 2.26 bits per heavy atom. The normalized spacial score (nSPS) is 10.7. The third kappa shape index (κ3) is 4.86. The molecule has 0 aliphatic carbocycles. The summed E-state index contributed by atoms with van der Waals surface area (Å²) >= 11 is 3.05. The fourth-order valence-electron chi connectivity index (χ4n) is 1.75. The highest BCUT2D eigenvalue weighted by Crippen LogP contribution is 2.22. The maximum Gasteiger partial charge on any atom is 0.404 e. The molecule has 0 saturated heterocycles. The lowest BCUT2D eigenvalue weighted by Crippen LogP contribution is -2.14. The number of aryl methyl sites for hydroxylation is 1. The van der Waals surface area contributed by atoms with Gasteiger partial charge >= 0.3 is 5.82 Å². The predicted molar refractivity (Wildman–Crippen MR) is 83.7 cm³/mol. The van der Waals surface area contributed by atoms with E-state index < -0.39 is 4.92 Å². The summed E-state index contributed by atoms with van der Waals surface area (Å²) in [7, 11) is 0. The number of rotatable bonds is 8. The molecule has 0 saturated carbocycles. The van der Waals surface area contributed by atoms with Crippen LogP contribution in [0.25, 0.3) is 0 Å². The van der Waals surface area contributed by atoms with E-state index in [1.165, 1.54) is 17.1 Å². The maximum absolute atomic E-state index is 11.9. The molecule has 124 valence electrons. The second-order valence-electron chi connectivity index (χ2n) is 4.51. The van der Waals surface area contributed by atoms with Crippen molar-refractivity contribution >= 4 is 33.3 Å². The molecule has 0 aromatic carbocycles. The molecule has 2 rings (SSSR count). The first-order chi connectivity index (χ1) is 11.0. The van der Waals surface area contributed by atoms with Crippen LogP contribution in [0.3, 0.4) is 0 Å². The second kappa shape index (κ2) is 7.83. The van der Waals surface area contributed by atoms with Crippen LogP contribution in [0.15, 0.2) is 23.1 Å². The first-order valence-electron chi connectivity index (χ1n) is 6.77. The number of carbonyl (C=O) groups is 1. The SMILES string of the molecule is CCOCn1cc(NC(=O)CCn2cc(Br)c([N+](=O)[O-])n2)cn1. The van der Waals surface area contributed by atoms with Gasteiger partial charge in [0, 0.05) is 13.0 Å². The number of ether oxygens (including phenoxy) is 1. The number of aromatic nitrogens is 4. The van der Waals surface area contributed by atoms with E-state index in [1.54, 1.807) is 10.9 Å². The van der Waals surface area contributed by atoms with Crippen molar-refractivity contribution in [3.05, 3.63) is 33.2 Å². The highest BCUT2D eigenvalue weighted by molar-refractivity contribution is 9.10. The summed E-state index contributed by atoms with van der Waals surface area (Å²) in [4.78, 5) is 22.0. The van der Waals surface area contributed by atoms with Crippen molar-refractivity contribution in [2.75, 3.05) is 11.9 Å². The Bertz CT molecular complexity index is 698. The Balaban J connectivity index is 1.84. The number of amides is 1. The number of nitrogens with zero attached hydrogens (tertiary/aromatic N) is 5. The molecule has 0 fully saturated rings. The van der Waals surface area contributed by atoms with Gasteiger partial charge in [0.25, 0.3) is 0 Å². The van der Waals surface area contributed by atoms with Gasteiger partial charge in [-0.2, -0.15) is 9.78 Å². The van der Waals surface area contributed by atoms with Crippen LogP contribution in [-0.4, -0.2) is 37.0 Å². The Morgan fingerprint density at radius 1 is 1.48 bits per heavy atom. The molecule has 0 unspecified atom stereocenters. The predicted octanol–water partition coefficient (Wildman–Crippen LogP) is 1.77. The van der Waals surface area contributed by atoms with Gasteiger partial charge in [-0.25, -0.2) is 4.68 Å². The number of hydrogen-bond acceptors (Lipinski definition) is 6. The molecule has 10 nitrogen and oxygen atoms in total. The summed E-state index contributed by atoms with van der Waals surface area (Å²) < 4.78 is 8.38. The monoisotopic (exact) mass is 386 g/mol. The van der Waals surface area contributed by atoms with E-state index in [-0.39, 0.29) is 29.2 Å². The molecule has 0 aliphatic heterocycles.